The predicted octanol–water partition coefficient (Wildman–Crippen LogP) is 5.86. The zero-order valence-electron chi connectivity index (χ0n) is 19.3. The molecule has 2 amide bonds. The molecule has 2 aromatic carbocycles. The average Bonchev–Trinajstić information content (AvgIpc) is 3.20. The van der Waals surface area contributed by atoms with E-state index in [9.17, 15) is 13.6 Å². The summed E-state index contributed by atoms with van der Waals surface area (Å²) in [6.07, 6.45) is 1.48. The fourth-order valence-corrected chi connectivity index (χ4v) is 3.17. The van der Waals surface area contributed by atoms with E-state index in [2.05, 4.69) is 20.7 Å². The van der Waals surface area contributed by atoms with Gasteiger partial charge in [-0.2, -0.15) is 5.10 Å². The van der Waals surface area contributed by atoms with Crippen LogP contribution >= 0.6 is 0 Å². The van der Waals surface area contributed by atoms with Gasteiger partial charge in [0.25, 0.3) is 0 Å². The Labute approximate surface area is 200 Å². The Balaban J connectivity index is 1.52. The fourth-order valence-electron chi connectivity index (χ4n) is 3.17. The van der Waals surface area contributed by atoms with Crippen LogP contribution in [-0.2, 0) is 5.41 Å². The van der Waals surface area contributed by atoms with Crippen molar-refractivity contribution in [2.24, 2.45) is 0 Å². The van der Waals surface area contributed by atoms with Gasteiger partial charge in [0.05, 0.1) is 17.1 Å². The summed E-state index contributed by atoms with van der Waals surface area (Å²) in [6.45, 7) is 5.94. The quantitative estimate of drug-likeness (QED) is 0.333. The number of halogens is 2. The topological polar surface area (TPSA) is 107 Å². The van der Waals surface area contributed by atoms with Gasteiger partial charge < -0.3 is 15.8 Å². The van der Waals surface area contributed by atoms with Gasteiger partial charge in [-0.3, -0.25) is 5.32 Å². The molecule has 0 unspecified atom stereocenters. The largest absolute Gasteiger partial charge is 0.457 e. The lowest BCUT2D eigenvalue weighted by Crippen LogP contribution is -2.22. The highest BCUT2D eigenvalue weighted by Gasteiger charge is 2.22. The number of nitrogens with two attached hydrogens (primary N) is 1. The van der Waals surface area contributed by atoms with Gasteiger partial charge in [0.15, 0.2) is 0 Å². The summed E-state index contributed by atoms with van der Waals surface area (Å²) < 4.78 is 35.1. The van der Waals surface area contributed by atoms with E-state index in [4.69, 9.17) is 10.5 Å². The highest BCUT2D eigenvalue weighted by atomic mass is 19.1. The number of ether oxygens (including phenoxy) is 1. The summed E-state index contributed by atoms with van der Waals surface area (Å²) in [5, 5.41) is 9.74. The van der Waals surface area contributed by atoms with E-state index in [0.29, 0.717) is 22.9 Å². The molecule has 0 atom stereocenters. The van der Waals surface area contributed by atoms with Gasteiger partial charge in [-0.05, 0) is 42.5 Å². The molecule has 4 aromatic rings. The van der Waals surface area contributed by atoms with Crippen LogP contribution in [0.25, 0.3) is 5.69 Å². The van der Waals surface area contributed by atoms with Gasteiger partial charge in [0.2, 0.25) is 0 Å². The Morgan fingerprint density at radius 3 is 2.34 bits per heavy atom. The number of benzene rings is 2. The fraction of sp³-hybridized carbons (Fsp3) is 0.160. The highest BCUT2D eigenvalue weighted by molar-refractivity contribution is 5.99. The van der Waals surface area contributed by atoms with Crippen LogP contribution in [-0.4, -0.2) is 20.8 Å². The Bertz CT molecular complexity index is 1360. The van der Waals surface area contributed by atoms with Crippen LogP contribution in [0.1, 0.15) is 26.5 Å². The number of hydrogen-bond donors (Lipinski definition) is 3. The molecular weight excluding hydrogens is 454 g/mol. The summed E-state index contributed by atoms with van der Waals surface area (Å²) in [5.74, 6) is 0.158. The van der Waals surface area contributed by atoms with Crippen LogP contribution in [0.4, 0.5) is 30.9 Å². The first-order valence-electron chi connectivity index (χ1n) is 10.7. The number of urea groups is 1. The second-order valence-corrected chi connectivity index (χ2v) is 8.79. The molecule has 4 rings (SSSR count). The Kier molecular flexibility index (Phi) is 6.37. The first-order valence-corrected chi connectivity index (χ1v) is 10.7. The summed E-state index contributed by atoms with van der Waals surface area (Å²) in [7, 11) is 0. The Morgan fingerprint density at radius 1 is 0.971 bits per heavy atom. The molecule has 0 saturated carbocycles. The number of hydrogen-bond acceptors (Lipinski definition) is 5. The molecule has 0 fully saturated rings. The van der Waals surface area contributed by atoms with Crippen molar-refractivity contribution in [3.8, 4) is 17.2 Å². The third kappa shape index (κ3) is 5.72. The monoisotopic (exact) mass is 478 g/mol. The molecule has 2 heterocycles. The lowest BCUT2D eigenvalue weighted by atomic mass is 9.92. The zero-order valence-corrected chi connectivity index (χ0v) is 19.3. The van der Waals surface area contributed by atoms with Gasteiger partial charge in [-0.25, -0.2) is 23.2 Å². The summed E-state index contributed by atoms with van der Waals surface area (Å²) in [4.78, 5) is 16.6. The first-order chi connectivity index (χ1) is 16.6. The predicted molar refractivity (Wildman–Crippen MR) is 130 cm³/mol. The van der Waals surface area contributed by atoms with Crippen LogP contribution in [0.5, 0.6) is 11.5 Å². The molecule has 10 heteroatoms. The van der Waals surface area contributed by atoms with Crippen LogP contribution in [0, 0.1) is 11.6 Å². The Morgan fingerprint density at radius 2 is 1.69 bits per heavy atom. The molecule has 0 aliphatic rings. The molecule has 0 aliphatic heterocycles. The minimum atomic E-state index is -0.692. The van der Waals surface area contributed by atoms with Gasteiger partial charge in [-0.1, -0.05) is 20.8 Å². The van der Waals surface area contributed by atoms with E-state index >= 15 is 0 Å². The van der Waals surface area contributed by atoms with Crippen molar-refractivity contribution in [1.82, 2.24) is 14.8 Å². The number of aromatic nitrogens is 3. The standard InChI is InChI=1S/C25H24F2N6O2/c1-25(2,3)21-14-23(33(32-21)16-6-4-15(26)5-7-16)31-24(34)30-20-9-8-17(12-19(20)27)35-18-10-11-29-22(28)13-18/h4-14H,1-3H3,(H2,28,29)(H2,30,31,34). The molecule has 2 aromatic heterocycles. The van der Waals surface area contributed by atoms with E-state index in [0.717, 1.165) is 6.07 Å². The highest BCUT2D eigenvalue weighted by Crippen LogP contribution is 2.28. The van der Waals surface area contributed by atoms with Crippen molar-refractivity contribution in [3.63, 3.8) is 0 Å². The third-order valence-corrected chi connectivity index (χ3v) is 4.97. The molecule has 180 valence electrons. The van der Waals surface area contributed by atoms with Gasteiger partial charge >= 0.3 is 6.03 Å². The van der Waals surface area contributed by atoms with Crippen LogP contribution in [0.3, 0.4) is 0 Å². The molecule has 0 saturated heterocycles. The van der Waals surface area contributed by atoms with Crippen LogP contribution in [0.2, 0.25) is 0 Å². The zero-order chi connectivity index (χ0) is 25.2. The van der Waals surface area contributed by atoms with Gasteiger partial charge in [0.1, 0.15) is 34.8 Å². The maximum absolute atomic E-state index is 14.7. The van der Waals surface area contributed by atoms with Crippen molar-refractivity contribution in [2.45, 2.75) is 26.2 Å². The summed E-state index contributed by atoms with van der Waals surface area (Å²) in [5.41, 5.74) is 6.53. The van der Waals surface area contributed by atoms with Gasteiger partial charge in [-0.15, -0.1) is 0 Å². The summed E-state index contributed by atoms with van der Waals surface area (Å²) >= 11 is 0. The van der Waals surface area contributed by atoms with E-state index in [1.165, 1.54) is 41.2 Å². The Hall–Kier alpha value is -4.47. The van der Waals surface area contributed by atoms with E-state index in [-0.39, 0.29) is 28.5 Å². The second kappa shape index (κ2) is 9.41. The minimum absolute atomic E-state index is 0.0482. The maximum Gasteiger partial charge on any atom is 0.324 e. The number of nitrogen functional groups attached to an aromatic ring is 1. The van der Waals surface area contributed by atoms with Crippen molar-refractivity contribution < 1.29 is 18.3 Å². The van der Waals surface area contributed by atoms with Gasteiger partial charge in [0, 0.05) is 29.8 Å². The molecule has 35 heavy (non-hydrogen) atoms. The number of carbonyl (C=O) groups is 1. The van der Waals surface area contributed by atoms with Crippen molar-refractivity contribution in [1.29, 1.82) is 0 Å². The second-order valence-electron chi connectivity index (χ2n) is 8.79. The maximum atomic E-state index is 14.7. The lowest BCUT2D eigenvalue weighted by Gasteiger charge is -2.14. The number of carbonyl (C=O) groups excluding carboxylic acids is 1. The first kappa shape index (κ1) is 23.7. The van der Waals surface area contributed by atoms with E-state index in [1.807, 2.05) is 20.8 Å². The van der Waals surface area contributed by atoms with E-state index in [1.54, 1.807) is 24.3 Å². The third-order valence-electron chi connectivity index (χ3n) is 4.97. The SMILES string of the molecule is CC(C)(C)c1cc(NC(=O)Nc2ccc(Oc3ccnc(N)c3)cc2F)n(-c2ccc(F)cc2)n1. The van der Waals surface area contributed by atoms with Crippen LogP contribution < -0.4 is 21.1 Å². The smallest absolute Gasteiger partial charge is 0.324 e. The molecule has 0 aliphatic carbocycles. The number of nitrogens with one attached hydrogen (secondary N) is 2. The number of rotatable bonds is 5. The molecule has 0 radical (unpaired) electrons. The van der Waals surface area contributed by atoms with Crippen LogP contribution in [0.15, 0.2) is 66.9 Å². The molecular formula is C25H24F2N6O2. The minimum Gasteiger partial charge on any atom is -0.457 e. The van der Waals surface area contributed by atoms with Crippen molar-refractivity contribution in [2.75, 3.05) is 16.4 Å². The average molecular weight is 479 g/mol. The van der Waals surface area contributed by atoms with Crippen molar-refractivity contribution >= 4 is 23.4 Å². The molecule has 8 nitrogen and oxygen atoms in total. The molecule has 0 bridgehead atoms. The number of pyridine rings is 1. The van der Waals surface area contributed by atoms with Crippen molar-refractivity contribution in [3.05, 3.63) is 84.2 Å². The number of anilines is 3. The van der Waals surface area contributed by atoms with E-state index < -0.39 is 11.8 Å². The summed E-state index contributed by atoms with van der Waals surface area (Å²) in [6, 6.07) is 13.9. The number of amides is 2. The lowest BCUT2D eigenvalue weighted by molar-refractivity contribution is 0.262. The normalized spacial score (nSPS) is 11.2. The molecule has 4 N–H and O–H groups in total. The molecule has 0 spiro atoms. The number of nitrogens with zero attached hydrogens (tertiary/aromatic N) is 3.